The number of rotatable bonds is 12. The van der Waals surface area contributed by atoms with Crippen molar-refractivity contribution in [1.29, 1.82) is 0 Å². The molecule has 0 spiro atoms. The Labute approximate surface area is 322 Å². The van der Waals surface area contributed by atoms with Crippen LogP contribution < -0.4 is 20.7 Å². The van der Waals surface area contributed by atoms with Crippen LogP contribution in [0.2, 0.25) is 10.1 Å². The van der Waals surface area contributed by atoms with Crippen LogP contribution in [0.15, 0.2) is 150 Å². The second-order valence-electron chi connectivity index (χ2n) is 16.2. The summed E-state index contributed by atoms with van der Waals surface area (Å²) in [5.41, 5.74) is 1.30. The highest BCUT2D eigenvalue weighted by atomic mass is 28.4. The molecule has 0 radical (unpaired) electrons. The summed E-state index contributed by atoms with van der Waals surface area (Å²) in [6.07, 6.45) is 0. The average Bonchev–Trinajstić information content (AvgIpc) is 3.87. The Morgan fingerprint density at radius 3 is 1.09 bits per heavy atom. The van der Waals surface area contributed by atoms with E-state index in [2.05, 4.69) is 163 Å². The molecule has 4 aromatic carbocycles. The lowest BCUT2D eigenvalue weighted by Gasteiger charge is -2.43. The van der Waals surface area contributed by atoms with Gasteiger partial charge in [-0.25, -0.2) is 15.0 Å². The Morgan fingerprint density at radius 1 is 0.481 bits per heavy atom. The van der Waals surface area contributed by atoms with Crippen molar-refractivity contribution in [3.05, 3.63) is 151 Å². The highest BCUT2D eigenvalue weighted by molar-refractivity contribution is 7.00. The quantitative estimate of drug-likeness (QED) is 0.136. The third-order valence-electron chi connectivity index (χ3n) is 10.4. The summed E-state index contributed by atoms with van der Waals surface area (Å²) < 4.78 is 26.7. The fourth-order valence-corrected chi connectivity index (χ4v) is 17.1. The summed E-state index contributed by atoms with van der Waals surface area (Å²) in [4.78, 5) is 14.9. The SMILES string of the molecule is CC(C)(C)[Si](OC[C@@H]1COC(c2cccc(C3=N[C@H](CO[Si](c4ccccc4)(c4ccccc4)C(C)(C)C)CO3)n2)=N1)(c1ccccc1)c1ccccc1. The van der Waals surface area contributed by atoms with E-state index < -0.39 is 16.6 Å². The molecule has 9 heteroatoms. The first-order chi connectivity index (χ1) is 26.0. The maximum Gasteiger partial charge on any atom is 0.261 e. The Hall–Kier alpha value is -4.68. The first kappa shape index (κ1) is 37.6. The zero-order chi connectivity index (χ0) is 37.8. The molecule has 0 aliphatic carbocycles. The largest absolute Gasteiger partial charge is 0.474 e. The Kier molecular flexibility index (Phi) is 10.9. The van der Waals surface area contributed by atoms with Gasteiger partial charge in [0.25, 0.3) is 16.6 Å². The molecule has 54 heavy (non-hydrogen) atoms. The number of nitrogens with zero attached hydrogens (tertiary/aromatic N) is 3. The number of aromatic nitrogens is 1. The van der Waals surface area contributed by atoms with Gasteiger partial charge in [0, 0.05) is 0 Å². The van der Waals surface area contributed by atoms with Gasteiger partial charge >= 0.3 is 0 Å². The zero-order valence-electron chi connectivity index (χ0n) is 32.2. The van der Waals surface area contributed by atoms with Gasteiger partial charge < -0.3 is 18.3 Å². The van der Waals surface area contributed by atoms with Crippen molar-refractivity contribution in [1.82, 2.24) is 4.98 Å². The Morgan fingerprint density at radius 2 is 0.796 bits per heavy atom. The van der Waals surface area contributed by atoms with Gasteiger partial charge in [-0.05, 0) is 43.0 Å². The minimum absolute atomic E-state index is 0.123. The van der Waals surface area contributed by atoms with Gasteiger partial charge in [-0.15, -0.1) is 0 Å². The second kappa shape index (κ2) is 15.6. The molecule has 2 atom stereocenters. The third-order valence-corrected chi connectivity index (χ3v) is 20.4. The molecule has 278 valence electrons. The maximum atomic E-state index is 7.16. The van der Waals surface area contributed by atoms with Crippen LogP contribution in [-0.4, -0.2) is 71.9 Å². The molecule has 0 N–H and O–H groups in total. The van der Waals surface area contributed by atoms with Gasteiger partial charge in [0.2, 0.25) is 11.8 Å². The molecule has 1 aromatic heterocycles. The Bertz CT molecular complexity index is 1840. The smallest absolute Gasteiger partial charge is 0.261 e. The van der Waals surface area contributed by atoms with E-state index in [1.165, 1.54) is 20.7 Å². The fraction of sp³-hybridized carbons (Fsp3) is 0.311. The van der Waals surface area contributed by atoms with Gasteiger partial charge in [-0.3, -0.25) is 0 Å². The number of ether oxygens (including phenoxy) is 2. The van der Waals surface area contributed by atoms with Crippen LogP contribution >= 0.6 is 0 Å². The van der Waals surface area contributed by atoms with E-state index in [4.69, 9.17) is 33.3 Å². The van der Waals surface area contributed by atoms with E-state index in [0.717, 1.165) is 0 Å². The summed E-state index contributed by atoms with van der Waals surface area (Å²) in [7, 11) is -5.40. The van der Waals surface area contributed by atoms with Gasteiger partial charge in [-0.2, -0.15) is 0 Å². The topological polar surface area (TPSA) is 74.5 Å². The molecule has 2 aliphatic rings. The van der Waals surface area contributed by atoms with E-state index >= 15 is 0 Å². The van der Waals surface area contributed by atoms with Crippen molar-refractivity contribution in [2.75, 3.05) is 26.4 Å². The van der Waals surface area contributed by atoms with Gasteiger partial charge in [0.15, 0.2) is 0 Å². The molecule has 0 unspecified atom stereocenters. The summed E-state index contributed by atoms with van der Waals surface area (Å²) >= 11 is 0. The lowest BCUT2D eigenvalue weighted by Crippen LogP contribution is -2.67. The second-order valence-corrected chi connectivity index (χ2v) is 24.8. The van der Waals surface area contributed by atoms with E-state index in [-0.39, 0.29) is 22.2 Å². The first-order valence-electron chi connectivity index (χ1n) is 18.9. The van der Waals surface area contributed by atoms with Crippen LogP contribution in [0, 0.1) is 0 Å². The molecule has 7 nitrogen and oxygen atoms in total. The van der Waals surface area contributed by atoms with Crippen LogP contribution in [0.4, 0.5) is 0 Å². The zero-order valence-corrected chi connectivity index (χ0v) is 34.2. The lowest BCUT2D eigenvalue weighted by molar-refractivity contribution is 0.233. The number of hydrogen-bond acceptors (Lipinski definition) is 7. The van der Waals surface area contributed by atoms with Crippen LogP contribution in [0.3, 0.4) is 0 Å². The maximum absolute atomic E-state index is 7.16. The van der Waals surface area contributed by atoms with Gasteiger partial charge in [0.1, 0.15) is 36.7 Å². The van der Waals surface area contributed by atoms with Crippen molar-refractivity contribution in [3.8, 4) is 0 Å². The molecule has 5 aromatic rings. The summed E-state index contributed by atoms with van der Waals surface area (Å²) in [6.45, 7) is 15.5. The van der Waals surface area contributed by atoms with Crippen molar-refractivity contribution in [2.24, 2.45) is 9.98 Å². The molecule has 0 amide bonds. The lowest BCUT2D eigenvalue weighted by atomic mass is 10.2. The van der Waals surface area contributed by atoms with Crippen molar-refractivity contribution < 1.29 is 18.3 Å². The van der Waals surface area contributed by atoms with E-state index in [1.54, 1.807) is 0 Å². The van der Waals surface area contributed by atoms with Crippen LogP contribution in [0.1, 0.15) is 52.9 Å². The van der Waals surface area contributed by atoms with E-state index in [0.29, 0.717) is 49.6 Å². The molecule has 0 saturated heterocycles. The van der Waals surface area contributed by atoms with Gasteiger partial charge in [-0.1, -0.05) is 169 Å². The summed E-state index contributed by atoms with van der Waals surface area (Å²) in [5.74, 6) is 1.02. The molecular formula is C45H51N3O4Si2. The monoisotopic (exact) mass is 753 g/mol. The van der Waals surface area contributed by atoms with E-state index in [1.807, 2.05) is 18.2 Å². The number of hydrogen-bond donors (Lipinski definition) is 0. The third kappa shape index (κ3) is 7.38. The molecule has 0 bridgehead atoms. The molecule has 0 saturated carbocycles. The summed E-state index contributed by atoms with van der Waals surface area (Å²) in [6, 6.07) is 48.2. The minimum atomic E-state index is -2.70. The van der Waals surface area contributed by atoms with Crippen molar-refractivity contribution >= 4 is 49.2 Å². The average molecular weight is 754 g/mol. The first-order valence-corrected chi connectivity index (χ1v) is 22.7. The molecule has 7 rings (SSSR count). The molecular weight excluding hydrogens is 703 g/mol. The van der Waals surface area contributed by atoms with Crippen LogP contribution in [0.5, 0.6) is 0 Å². The summed E-state index contributed by atoms with van der Waals surface area (Å²) in [5, 5.41) is 4.73. The van der Waals surface area contributed by atoms with Gasteiger partial charge in [0.05, 0.1) is 13.2 Å². The number of benzene rings is 4. The molecule has 0 fully saturated rings. The molecule has 2 aliphatic heterocycles. The number of aliphatic imine (C=N–C) groups is 2. The van der Waals surface area contributed by atoms with Crippen molar-refractivity contribution in [2.45, 2.75) is 63.7 Å². The standard InChI is InChI=1S/C45H51N3O4Si2/c1-44(2,3)53(36-20-11-7-12-21-36,37-22-13-8-14-23-37)51-32-34-30-49-42(46-34)40-28-19-29-41(48-40)43-47-35(31-50-43)33-52-54(45(4,5)6,38-24-15-9-16-25-38)39-26-17-10-18-27-39/h7-29,34-35H,30-33H2,1-6H3/t34-,35-/m0/s1. The fourth-order valence-electron chi connectivity index (χ4n) is 7.92. The predicted molar refractivity (Wildman–Crippen MR) is 224 cm³/mol. The highest BCUT2D eigenvalue weighted by Gasteiger charge is 2.52. The minimum Gasteiger partial charge on any atom is -0.474 e. The van der Waals surface area contributed by atoms with Crippen molar-refractivity contribution in [3.63, 3.8) is 0 Å². The van der Waals surface area contributed by atoms with Crippen LogP contribution in [0.25, 0.3) is 0 Å². The normalized spacial score (nSPS) is 17.7. The van der Waals surface area contributed by atoms with Crippen LogP contribution in [-0.2, 0) is 18.3 Å². The Balaban J connectivity index is 1.08. The predicted octanol–water partition coefficient (Wildman–Crippen LogP) is 6.53. The highest BCUT2D eigenvalue weighted by Crippen LogP contribution is 2.38. The molecule has 3 heterocycles. The number of pyridine rings is 1. The van der Waals surface area contributed by atoms with E-state index in [9.17, 15) is 0 Å².